The molecule has 1 amide bonds. The van der Waals surface area contributed by atoms with Crippen LogP contribution < -0.4 is 11.0 Å². The van der Waals surface area contributed by atoms with Crippen LogP contribution in [0.4, 0.5) is 5.69 Å². The van der Waals surface area contributed by atoms with E-state index in [-0.39, 0.29) is 18.1 Å². The summed E-state index contributed by atoms with van der Waals surface area (Å²) in [7, 11) is 0. The first kappa shape index (κ1) is 17.0. The van der Waals surface area contributed by atoms with Crippen LogP contribution in [0.3, 0.4) is 0 Å². The zero-order valence-electron chi connectivity index (χ0n) is 14.9. The predicted octanol–water partition coefficient (Wildman–Crippen LogP) is 3.47. The molecule has 0 atom stereocenters. The van der Waals surface area contributed by atoms with Crippen molar-refractivity contribution in [1.82, 2.24) is 9.13 Å². The zero-order valence-corrected chi connectivity index (χ0v) is 14.9. The van der Waals surface area contributed by atoms with Gasteiger partial charge in [-0.3, -0.25) is 13.9 Å². The van der Waals surface area contributed by atoms with E-state index >= 15 is 0 Å². The number of nitrogens with one attached hydrogen (secondary N) is 1. The van der Waals surface area contributed by atoms with Crippen LogP contribution in [0.1, 0.15) is 24.5 Å². The van der Waals surface area contributed by atoms with Gasteiger partial charge >= 0.3 is 5.69 Å². The topological polar surface area (TPSA) is 56.0 Å². The molecule has 130 valence electrons. The second-order valence-electron chi connectivity index (χ2n) is 6.30. The standard InChI is InChI=1S/C20H23N3O2/c1-4-12-22-17-10-5-6-11-18(17)23(20(22)25)13-19(24)21-16-9-7-8-14(2)15(16)3/h5-11H,4,12-13H2,1-3H3,(H,21,24). The molecule has 5 heteroatoms. The minimum atomic E-state index is -0.199. The highest BCUT2D eigenvalue weighted by molar-refractivity contribution is 5.92. The van der Waals surface area contributed by atoms with Gasteiger partial charge in [0.2, 0.25) is 5.91 Å². The lowest BCUT2D eigenvalue weighted by Gasteiger charge is -2.10. The Morgan fingerprint density at radius 3 is 2.36 bits per heavy atom. The zero-order chi connectivity index (χ0) is 18.0. The fourth-order valence-electron chi connectivity index (χ4n) is 3.08. The number of carbonyl (C=O) groups is 1. The number of aryl methyl sites for hydroxylation is 2. The van der Waals surface area contributed by atoms with Gasteiger partial charge in [0.1, 0.15) is 6.54 Å². The first-order chi connectivity index (χ1) is 12.0. The van der Waals surface area contributed by atoms with Gasteiger partial charge in [0.05, 0.1) is 11.0 Å². The highest BCUT2D eigenvalue weighted by Gasteiger charge is 2.15. The number of hydrogen-bond acceptors (Lipinski definition) is 2. The van der Waals surface area contributed by atoms with Gasteiger partial charge in [-0.25, -0.2) is 4.79 Å². The maximum absolute atomic E-state index is 12.7. The summed E-state index contributed by atoms with van der Waals surface area (Å²) >= 11 is 0. The van der Waals surface area contributed by atoms with E-state index in [0.717, 1.165) is 34.3 Å². The molecule has 0 radical (unpaired) electrons. The molecule has 0 saturated heterocycles. The molecule has 0 aliphatic heterocycles. The second kappa shape index (κ2) is 6.97. The van der Waals surface area contributed by atoms with Crippen molar-refractivity contribution >= 4 is 22.6 Å². The van der Waals surface area contributed by atoms with Crippen LogP contribution in [0, 0.1) is 13.8 Å². The van der Waals surface area contributed by atoms with Crippen LogP contribution in [0.2, 0.25) is 0 Å². The smallest absolute Gasteiger partial charge is 0.324 e. The Morgan fingerprint density at radius 1 is 1.00 bits per heavy atom. The van der Waals surface area contributed by atoms with Crippen molar-refractivity contribution < 1.29 is 4.79 Å². The summed E-state index contributed by atoms with van der Waals surface area (Å²) in [5, 5.41) is 2.92. The maximum atomic E-state index is 12.7. The van der Waals surface area contributed by atoms with E-state index < -0.39 is 0 Å². The normalized spacial score (nSPS) is 11.0. The van der Waals surface area contributed by atoms with E-state index in [9.17, 15) is 9.59 Å². The molecule has 0 fully saturated rings. The molecule has 1 heterocycles. The van der Waals surface area contributed by atoms with Crippen molar-refractivity contribution in [1.29, 1.82) is 0 Å². The predicted molar refractivity (Wildman–Crippen MR) is 101 cm³/mol. The molecular weight excluding hydrogens is 314 g/mol. The molecule has 0 spiro atoms. The van der Waals surface area contributed by atoms with Gasteiger partial charge in [-0.15, -0.1) is 0 Å². The summed E-state index contributed by atoms with van der Waals surface area (Å²) in [6.45, 7) is 6.66. The average Bonchev–Trinajstić information content (AvgIpc) is 2.85. The molecular formula is C20H23N3O2. The minimum absolute atomic E-state index is 0.00342. The van der Waals surface area contributed by atoms with Crippen LogP contribution in [-0.4, -0.2) is 15.0 Å². The van der Waals surface area contributed by atoms with Gasteiger partial charge in [0.15, 0.2) is 0 Å². The SMILES string of the molecule is CCCn1c(=O)n(CC(=O)Nc2cccc(C)c2C)c2ccccc21. The van der Waals surface area contributed by atoms with Gasteiger partial charge in [-0.2, -0.15) is 0 Å². The summed E-state index contributed by atoms with van der Waals surface area (Å²) in [6, 6.07) is 13.4. The van der Waals surface area contributed by atoms with E-state index in [1.807, 2.05) is 63.2 Å². The summed E-state index contributed by atoms with van der Waals surface area (Å²) in [5.41, 5.74) is 4.46. The molecule has 0 bridgehead atoms. The van der Waals surface area contributed by atoms with Crippen molar-refractivity contribution in [3.05, 3.63) is 64.1 Å². The van der Waals surface area contributed by atoms with Crippen molar-refractivity contribution in [2.45, 2.75) is 40.3 Å². The van der Waals surface area contributed by atoms with E-state index in [0.29, 0.717) is 6.54 Å². The van der Waals surface area contributed by atoms with Crippen molar-refractivity contribution in [2.75, 3.05) is 5.32 Å². The lowest BCUT2D eigenvalue weighted by molar-refractivity contribution is -0.116. The number of rotatable bonds is 5. The highest BCUT2D eigenvalue weighted by Crippen LogP contribution is 2.18. The van der Waals surface area contributed by atoms with Crippen LogP contribution in [0.5, 0.6) is 0 Å². The highest BCUT2D eigenvalue weighted by atomic mass is 16.2. The lowest BCUT2D eigenvalue weighted by atomic mass is 10.1. The van der Waals surface area contributed by atoms with Crippen molar-refractivity contribution in [3.8, 4) is 0 Å². The average molecular weight is 337 g/mol. The third-order valence-corrected chi connectivity index (χ3v) is 4.55. The van der Waals surface area contributed by atoms with E-state index in [1.165, 1.54) is 0 Å². The second-order valence-corrected chi connectivity index (χ2v) is 6.30. The molecule has 1 N–H and O–H groups in total. The Labute approximate surface area is 146 Å². The number of para-hydroxylation sites is 2. The summed E-state index contributed by atoms with van der Waals surface area (Å²) < 4.78 is 3.28. The number of benzene rings is 2. The van der Waals surface area contributed by atoms with Crippen LogP contribution in [0.25, 0.3) is 11.0 Å². The lowest BCUT2D eigenvalue weighted by Crippen LogP contribution is -2.29. The van der Waals surface area contributed by atoms with Crippen molar-refractivity contribution in [3.63, 3.8) is 0 Å². The van der Waals surface area contributed by atoms with Gasteiger partial charge in [-0.1, -0.05) is 31.2 Å². The van der Waals surface area contributed by atoms with E-state index in [4.69, 9.17) is 0 Å². The largest absolute Gasteiger partial charge is 0.329 e. The van der Waals surface area contributed by atoms with Gasteiger partial charge in [-0.05, 0) is 49.6 Å². The monoisotopic (exact) mass is 337 g/mol. The molecule has 0 unspecified atom stereocenters. The van der Waals surface area contributed by atoms with E-state index in [1.54, 1.807) is 9.13 Å². The third-order valence-electron chi connectivity index (χ3n) is 4.55. The Balaban J connectivity index is 1.93. The Hall–Kier alpha value is -2.82. The van der Waals surface area contributed by atoms with Crippen LogP contribution in [-0.2, 0) is 17.9 Å². The summed E-state index contributed by atoms with van der Waals surface area (Å²) in [5.74, 6) is -0.199. The molecule has 0 aliphatic rings. The number of anilines is 1. The van der Waals surface area contributed by atoms with Gasteiger partial charge in [0.25, 0.3) is 0 Å². The molecule has 0 saturated carbocycles. The van der Waals surface area contributed by atoms with Crippen LogP contribution in [0.15, 0.2) is 47.3 Å². The van der Waals surface area contributed by atoms with Gasteiger partial charge < -0.3 is 5.32 Å². The number of imidazole rings is 1. The minimum Gasteiger partial charge on any atom is -0.324 e. The van der Waals surface area contributed by atoms with Crippen LogP contribution >= 0.6 is 0 Å². The van der Waals surface area contributed by atoms with E-state index in [2.05, 4.69) is 5.32 Å². The molecule has 3 aromatic rings. The summed E-state index contributed by atoms with van der Waals surface area (Å²) in [4.78, 5) is 25.3. The third kappa shape index (κ3) is 3.22. The number of aromatic nitrogens is 2. The first-order valence-electron chi connectivity index (χ1n) is 8.57. The maximum Gasteiger partial charge on any atom is 0.329 e. The first-order valence-corrected chi connectivity index (χ1v) is 8.57. The quantitative estimate of drug-likeness (QED) is 0.775. The fourth-order valence-corrected chi connectivity index (χ4v) is 3.08. The molecule has 5 nitrogen and oxygen atoms in total. The van der Waals surface area contributed by atoms with Gasteiger partial charge in [0, 0.05) is 12.2 Å². The fraction of sp³-hybridized carbons (Fsp3) is 0.300. The molecule has 1 aromatic heterocycles. The number of carbonyl (C=O) groups excluding carboxylic acids is 1. The molecule has 3 rings (SSSR count). The number of amides is 1. The molecule has 25 heavy (non-hydrogen) atoms. The molecule has 0 aliphatic carbocycles. The number of hydrogen-bond donors (Lipinski definition) is 1. The Morgan fingerprint density at radius 2 is 1.68 bits per heavy atom. The van der Waals surface area contributed by atoms with Crippen molar-refractivity contribution in [2.24, 2.45) is 0 Å². The Bertz CT molecular complexity index is 982. The number of fused-ring (bicyclic) bond motifs is 1. The number of nitrogens with zero attached hydrogens (tertiary/aromatic N) is 2. The molecule has 2 aromatic carbocycles. The summed E-state index contributed by atoms with van der Waals surface area (Å²) in [6.07, 6.45) is 0.864. The Kier molecular flexibility index (Phi) is 4.74.